The highest BCUT2D eigenvalue weighted by molar-refractivity contribution is 5.90. The zero-order valence-corrected chi connectivity index (χ0v) is 11.8. The molecule has 0 fully saturated rings. The normalized spacial score (nSPS) is 10.7. The molecule has 4 heteroatoms. The molecule has 0 heterocycles. The SMILES string of the molecule is CC(C)COCCCC(=O)Nc1ccc(CN)cc1. The van der Waals surface area contributed by atoms with Crippen LogP contribution in [0.3, 0.4) is 0 Å². The summed E-state index contributed by atoms with van der Waals surface area (Å²) >= 11 is 0. The van der Waals surface area contributed by atoms with Gasteiger partial charge in [-0.3, -0.25) is 4.79 Å². The topological polar surface area (TPSA) is 64.3 Å². The molecule has 0 atom stereocenters. The number of carbonyl (C=O) groups is 1. The molecule has 0 spiro atoms. The van der Waals surface area contributed by atoms with Gasteiger partial charge in [0.25, 0.3) is 0 Å². The Bertz CT molecular complexity index is 374. The van der Waals surface area contributed by atoms with Gasteiger partial charge in [0.15, 0.2) is 0 Å². The van der Waals surface area contributed by atoms with E-state index >= 15 is 0 Å². The second kappa shape index (κ2) is 8.67. The second-order valence-electron chi connectivity index (χ2n) is 5.02. The zero-order valence-electron chi connectivity index (χ0n) is 11.8. The van der Waals surface area contributed by atoms with Gasteiger partial charge in [-0.05, 0) is 30.0 Å². The van der Waals surface area contributed by atoms with Gasteiger partial charge in [0.2, 0.25) is 5.91 Å². The fraction of sp³-hybridized carbons (Fsp3) is 0.533. The first-order valence-electron chi connectivity index (χ1n) is 6.78. The Morgan fingerprint density at radius 1 is 1.32 bits per heavy atom. The van der Waals surface area contributed by atoms with E-state index in [4.69, 9.17) is 10.5 Å². The quantitative estimate of drug-likeness (QED) is 0.709. The molecule has 4 nitrogen and oxygen atoms in total. The van der Waals surface area contributed by atoms with E-state index in [-0.39, 0.29) is 5.91 Å². The number of carbonyl (C=O) groups excluding carboxylic acids is 1. The molecule has 0 aliphatic carbocycles. The van der Waals surface area contributed by atoms with Crippen LogP contribution >= 0.6 is 0 Å². The molecule has 1 amide bonds. The minimum absolute atomic E-state index is 0.0219. The molecule has 0 saturated heterocycles. The van der Waals surface area contributed by atoms with Crippen molar-refractivity contribution < 1.29 is 9.53 Å². The number of rotatable bonds is 8. The second-order valence-corrected chi connectivity index (χ2v) is 5.02. The van der Waals surface area contributed by atoms with Crippen LogP contribution in [0.2, 0.25) is 0 Å². The number of hydrogen-bond acceptors (Lipinski definition) is 3. The van der Waals surface area contributed by atoms with Crippen LogP contribution in [0.4, 0.5) is 5.69 Å². The van der Waals surface area contributed by atoms with Gasteiger partial charge in [-0.1, -0.05) is 26.0 Å². The Labute approximate surface area is 115 Å². The van der Waals surface area contributed by atoms with Gasteiger partial charge >= 0.3 is 0 Å². The van der Waals surface area contributed by atoms with Crippen LogP contribution < -0.4 is 11.1 Å². The Morgan fingerprint density at radius 3 is 2.58 bits per heavy atom. The maximum atomic E-state index is 11.7. The monoisotopic (exact) mass is 264 g/mol. The van der Waals surface area contributed by atoms with Crippen molar-refractivity contribution in [3.05, 3.63) is 29.8 Å². The average Bonchev–Trinajstić information content (AvgIpc) is 2.39. The molecule has 3 N–H and O–H groups in total. The summed E-state index contributed by atoms with van der Waals surface area (Å²) in [5.41, 5.74) is 7.38. The van der Waals surface area contributed by atoms with Crippen molar-refractivity contribution in [1.82, 2.24) is 0 Å². The van der Waals surface area contributed by atoms with Gasteiger partial charge in [0.05, 0.1) is 0 Å². The Balaban J connectivity index is 2.19. The van der Waals surface area contributed by atoms with E-state index in [2.05, 4.69) is 19.2 Å². The lowest BCUT2D eigenvalue weighted by Gasteiger charge is -2.08. The molecule has 0 saturated carbocycles. The predicted molar refractivity (Wildman–Crippen MR) is 77.9 cm³/mol. The summed E-state index contributed by atoms with van der Waals surface area (Å²) in [5.74, 6) is 0.559. The van der Waals surface area contributed by atoms with Crippen LogP contribution in [0.25, 0.3) is 0 Å². The van der Waals surface area contributed by atoms with E-state index < -0.39 is 0 Å². The molecule has 0 aromatic heterocycles. The van der Waals surface area contributed by atoms with Crippen LogP contribution in [0.15, 0.2) is 24.3 Å². The summed E-state index contributed by atoms with van der Waals surface area (Å²) in [6.45, 7) is 6.12. The fourth-order valence-electron chi connectivity index (χ4n) is 1.60. The standard InChI is InChI=1S/C15H24N2O2/c1-12(2)11-19-9-3-4-15(18)17-14-7-5-13(10-16)6-8-14/h5-8,12H,3-4,9-11,16H2,1-2H3,(H,17,18). The first-order valence-corrected chi connectivity index (χ1v) is 6.78. The smallest absolute Gasteiger partial charge is 0.224 e. The van der Waals surface area contributed by atoms with Crippen molar-refractivity contribution in [1.29, 1.82) is 0 Å². The van der Waals surface area contributed by atoms with Crippen LogP contribution in [-0.2, 0) is 16.1 Å². The molecule has 0 bridgehead atoms. The number of hydrogen-bond donors (Lipinski definition) is 2. The van der Waals surface area contributed by atoms with Crippen molar-refractivity contribution in [3.63, 3.8) is 0 Å². The van der Waals surface area contributed by atoms with Gasteiger partial charge < -0.3 is 15.8 Å². The molecule has 0 aliphatic heterocycles. The van der Waals surface area contributed by atoms with Gasteiger partial charge in [0.1, 0.15) is 0 Å². The van der Waals surface area contributed by atoms with Crippen LogP contribution in [0, 0.1) is 5.92 Å². The lowest BCUT2D eigenvalue weighted by molar-refractivity contribution is -0.116. The Morgan fingerprint density at radius 2 is 2.00 bits per heavy atom. The van der Waals surface area contributed by atoms with E-state index in [1.54, 1.807) is 0 Å². The summed E-state index contributed by atoms with van der Waals surface area (Å²) in [4.78, 5) is 11.7. The third-order valence-electron chi connectivity index (χ3n) is 2.62. The van der Waals surface area contributed by atoms with Crippen molar-refractivity contribution >= 4 is 11.6 Å². The zero-order chi connectivity index (χ0) is 14.1. The summed E-state index contributed by atoms with van der Waals surface area (Å²) in [6.07, 6.45) is 1.23. The highest BCUT2D eigenvalue weighted by Crippen LogP contribution is 2.09. The first-order chi connectivity index (χ1) is 9.11. The summed E-state index contributed by atoms with van der Waals surface area (Å²) in [6, 6.07) is 7.58. The maximum Gasteiger partial charge on any atom is 0.224 e. The van der Waals surface area contributed by atoms with E-state index in [9.17, 15) is 4.79 Å². The molecular formula is C15H24N2O2. The molecule has 1 rings (SSSR count). The summed E-state index contributed by atoms with van der Waals surface area (Å²) in [7, 11) is 0. The molecule has 1 aromatic carbocycles. The molecule has 1 aromatic rings. The lowest BCUT2D eigenvalue weighted by atomic mass is 10.2. The first kappa shape index (κ1) is 15.7. The van der Waals surface area contributed by atoms with Gasteiger partial charge in [-0.15, -0.1) is 0 Å². The van der Waals surface area contributed by atoms with Gasteiger partial charge in [-0.25, -0.2) is 0 Å². The summed E-state index contributed by atoms with van der Waals surface area (Å²) < 4.78 is 5.43. The van der Waals surface area contributed by atoms with E-state index in [1.807, 2.05) is 24.3 Å². The number of anilines is 1. The van der Waals surface area contributed by atoms with Crippen LogP contribution in [0.5, 0.6) is 0 Å². The number of nitrogens with one attached hydrogen (secondary N) is 1. The Hall–Kier alpha value is -1.39. The molecule has 0 radical (unpaired) electrons. The average molecular weight is 264 g/mol. The predicted octanol–water partition coefficient (Wildman–Crippen LogP) is 2.54. The number of ether oxygens (including phenoxy) is 1. The largest absolute Gasteiger partial charge is 0.381 e. The minimum atomic E-state index is 0.0219. The molecule has 106 valence electrons. The molecular weight excluding hydrogens is 240 g/mol. The maximum absolute atomic E-state index is 11.7. The van der Waals surface area contributed by atoms with Crippen LogP contribution in [0.1, 0.15) is 32.3 Å². The van der Waals surface area contributed by atoms with Crippen LogP contribution in [-0.4, -0.2) is 19.1 Å². The highest BCUT2D eigenvalue weighted by atomic mass is 16.5. The van der Waals surface area contributed by atoms with Crippen molar-refractivity contribution in [2.75, 3.05) is 18.5 Å². The number of nitrogens with two attached hydrogens (primary N) is 1. The van der Waals surface area contributed by atoms with E-state index in [0.29, 0.717) is 25.5 Å². The summed E-state index contributed by atoms with van der Waals surface area (Å²) in [5, 5.41) is 2.86. The van der Waals surface area contributed by atoms with Crippen molar-refractivity contribution in [2.24, 2.45) is 11.7 Å². The van der Waals surface area contributed by atoms with Crippen molar-refractivity contribution in [2.45, 2.75) is 33.2 Å². The minimum Gasteiger partial charge on any atom is -0.381 e. The van der Waals surface area contributed by atoms with Gasteiger partial charge in [0, 0.05) is 31.9 Å². The highest BCUT2D eigenvalue weighted by Gasteiger charge is 2.02. The van der Waals surface area contributed by atoms with E-state index in [0.717, 1.165) is 24.3 Å². The molecule has 0 aliphatic rings. The Kier molecular flexibility index (Phi) is 7.15. The van der Waals surface area contributed by atoms with Crippen molar-refractivity contribution in [3.8, 4) is 0 Å². The molecule has 19 heavy (non-hydrogen) atoms. The third kappa shape index (κ3) is 6.94. The third-order valence-corrected chi connectivity index (χ3v) is 2.62. The fourth-order valence-corrected chi connectivity index (χ4v) is 1.60. The van der Waals surface area contributed by atoms with Gasteiger partial charge in [-0.2, -0.15) is 0 Å². The molecule has 0 unspecified atom stereocenters. The number of amides is 1. The number of benzene rings is 1. The van der Waals surface area contributed by atoms with E-state index in [1.165, 1.54) is 0 Å². The lowest BCUT2D eigenvalue weighted by Crippen LogP contribution is -2.13.